The number of alkyl halides is 3. The summed E-state index contributed by atoms with van der Waals surface area (Å²) in [6, 6.07) is 4.86. The second kappa shape index (κ2) is 5.19. The minimum absolute atomic E-state index is 0.0844. The van der Waals surface area contributed by atoms with Gasteiger partial charge in [-0.2, -0.15) is 13.2 Å². The van der Waals surface area contributed by atoms with Crippen LogP contribution in [0.25, 0.3) is 10.9 Å². The highest BCUT2D eigenvalue weighted by atomic mass is 19.4. The fourth-order valence-corrected chi connectivity index (χ4v) is 2.19. The number of nitrogens with zero attached hydrogens (tertiary/aromatic N) is 1. The van der Waals surface area contributed by atoms with E-state index in [1.54, 1.807) is 19.2 Å². The monoisotopic (exact) mass is 284 g/mol. The molecule has 6 heteroatoms. The summed E-state index contributed by atoms with van der Waals surface area (Å²) in [6.07, 6.45) is -4.47. The summed E-state index contributed by atoms with van der Waals surface area (Å²) >= 11 is 0. The van der Waals surface area contributed by atoms with Crippen molar-refractivity contribution in [2.24, 2.45) is 0 Å². The van der Waals surface area contributed by atoms with E-state index in [-0.39, 0.29) is 11.1 Å². The summed E-state index contributed by atoms with van der Waals surface area (Å²) < 4.78 is 44.3. The van der Waals surface area contributed by atoms with Gasteiger partial charge in [-0.15, -0.1) is 0 Å². The van der Waals surface area contributed by atoms with Crippen molar-refractivity contribution in [1.29, 1.82) is 0 Å². The Morgan fingerprint density at radius 2 is 2.00 bits per heavy atom. The molecule has 0 aliphatic carbocycles. The number of hydrogen-bond donors (Lipinski definition) is 1. The average Bonchev–Trinajstić information content (AvgIpc) is 2.37. The summed E-state index contributed by atoms with van der Waals surface area (Å²) in [5.41, 5.74) is -0.0701. The highest BCUT2D eigenvalue weighted by molar-refractivity contribution is 5.94. The smallest absolute Gasteiger partial charge is 0.433 e. The van der Waals surface area contributed by atoms with Gasteiger partial charge in [0.15, 0.2) is 0 Å². The molecule has 2 aromatic rings. The maximum absolute atomic E-state index is 13.0. The second-order valence-electron chi connectivity index (χ2n) is 4.32. The Morgan fingerprint density at radius 3 is 2.55 bits per heavy atom. The number of halogens is 3. The van der Waals surface area contributed by atoms with Crippen LogP contribution >= 0.6 is 0 Å². The van der Waals surface area contributed by atoms with E-state index in [9.17, 15) is 13.2 Å². The predicted molar refractivity (Wildman–Crippen MR) is 72.2 cm³/mol. The van der Waals surface area contributed by atoms with Crippen molar-refractivity contribution in [2.45, 2.75) is 20.0 Å². The Hall–Kier alpha value is -1.98. The minimum atomic E-state index is -4.47. The molecular formula is C14H15F3N2O. The lowest BCUT2D eigenvalue weighted by atomic mass is 10.1. The van der Waals surface area contributed by atoms with E-state index in [1.165, 1.54) is 13.0 Å². The van der Waals surface area contributed by atoms with E-state index in [4.69, 9.17) is 4.74 Å². The van der Waals surface area contributed by atoms with Crippen LogP contribution in [0.4, 0.5) is 18.9 Å². The fraction of sp³-hybridized carbons (Fsp3) is 0.357. The SMILES string of the molecule is CCOc1ccc2nc(C(F)(F)F)c(C)c(NC)c2c1. The molecule has 0 aliphatic heterocycles. The zero-order chi connectivity index (χ0) is 14.9. The molecule has 1 N–H and O–H groups in total. The third-order valence-electron chi connectivity index (χ3n) is 3.03. The van der Waals surface area contributed by atoms with Gasteiger partial charge < -0.3 is 10.1 Å². The lowest BCUT2D eigenvalue weighted by Crippen LogP contribution is -2.12. The lowest BCUT2D eigenvalue weighted by Gasteiger charge is -2.16. The molecule has 1 aromatic carbocycles. The molecule has 0 fully saturated rings. The normalized spacial score (nSPS) is 11.7. The number of ether oxygens (including phenoxy) is 1. The molecule has 1 aromatic heterocycles. The first-order chi connectivity index (χ1) is 9.38. The number of benzene rings is 1. The Bertz CT molecular complexity index is 638. The predicted octanol–water partition coefficient (Wildman–Crippen LogP) is 4.00. The first-order valence-corrected chi connectivity index (χ1v) is 6.20. The number of nitrogens with one attached hydrogen (secondary N) is 1. The summed E-state index contributed by atoms with van der Waals surface area (Å²) in [4.78, 5) is 3.74. The van der Waals surface area contributed by atoms with Gasteiger partial charge in [0.1, 0.15) is 11.4 Å². The second-order valence-corrected chi connectivity index (χ2v) is 4.32. The summed E-state index contributed by atoms with van der Waals surface area (Å²) in [7, 11) is 1.59. The van der Waals surface area contributed by atoms with E-state index in [0.29, 0.717) is 23.4 Å². The van der Waals surface area contributed by atoms with Crippen LogP contribution in [0.2, 0.25) is 0 Å². The average molecular weight is 284 g/mol. The standard InChI is InChI=1S/C14H15F3N2O/c1-4-20-9-5-6-11-10(7-9)12(18-3)8(2)13(19-11)14(15,16)17/h5-7H,4H2,1-3H3,(H,18,19). The highest BCUT2D eigenvalue weighted by Crippen LogP contribution is 2.37. The van der Waals surface area contributed by atoms with Crippen LogP contribution in [-0.4, -0.2) is 18.6 Å². The molecule has 0 saturated heterocycles. The molecule has 108 valence electrons. The van der Waals surface area contributed by atoms with Crippen molar-refractivity contribution in [1.82, 2.24) is 4.98 Å². The highest BCUT2D eigenvalue weighted by Gasteiger charge is 2.35. The van der Waals surface area contributed by atoms with Gasteiger partial charge in [-0.1, -0.05) is 0 Å². The molecule has 0 unspecified atom stereocenters. The molecule has 0 bridgehead atoms. The fourth-order valence-electron chi connectivity index (χ4n) is 2.19. The van der Waals surface area contributed by atoms with Gasteiger partial charge in [0.25, 0.3) is 0 Å². The van der Waals surface area contributed by atoms with Gasteiger partial charge in [-0.3, -0.25) is 0 Å². The van der Waals surface area contributed by atoms with Crippen molar-refractivity contribution in [2.75, 3.05) is 19.0 Å². The summed E-state index contributed by atoms with van der Waals surface area (Å²) in [5, 5.41) is 3.44. The molecule has 0 amide bonds. The van der Waals surface area contributed by atoms with Gasteiger partial charge in [0.2, 0.25) is 0 Å². The quantitative estimate of drug-likeness (QED) is 0.925. The topological polar surface area (TPSA) is 34.1 Å². The van der Waals surface area contributed by atoms with Crippen LogP contribution in [0.5, 0.6) is 5.75 Å². The number of rotatable bonds is 3. The van der Waals surface area contributed by atoms with Crippen molar-refractivity contribution >= 4 is 16.6 Å². The minimum Gasteiger partial charge on any atom is -0.494 e. The van der Waals surface area contributed by atoms with Gasteiger partial charge in [0, 0.05) is 23.7 Å². The zero-order valence-electron chi connectivity index (χ0n) is 11.4. The van der Waals surface area contributed by atoms with Crippen molar-refractivity contribution in [3.8, 4) is 5.75 Å². The van der Waals surface area contributed by atoms with Crippen molar-refractivity contribution in [3.05, 3.63) is 29.5 Å². The number of anilines is 1. The molecule has 0 spiro atoms. The molecule has 0 atom stereocenters. The third-order valence-corrected chi connectivity index (χ3v) is 3.03. The number of aromatic nitrogens is 1. The van der Waals surface area contributed by atoms with Crippen LogP contribution < -0.4 is 10.1 Å². The molecule has 0 saturated carbocycles. The van der Waals surface area contributed by atoms with Crippen LogP contribution in [0.3, 0.4) is 0 Å². The summed E-state index contributed by atoms with van der Waals surface area (Å²) in [6.45, 7) is 3.75. The molecule has 3 nitrogen and oxygen atoms in total. The molecule has 0 aliphatic rings. The Labute approximate surface area is 114 Å². The Kier molecular flexibility index (Phi) is 3.74. The largest absolute Gasteiger partial charge is 0.494 e. The molecule has 0 radical (unpaired) electrons. The van der Waals surface area contributed by atoms with E-state index < -0.39 is 11.9 Å². The van der Waals surface area contributed by atoms with Crippen LogP contribution in [0.1, 0.15) is 18.2 Å². The van der Waals surface area contributed by atoms with E-state index in [0.717, 1.165) is 0 Å². The number of hydrogen-bond acceptors (Lipinski definition) is 3. The first kappa shape index (κ1) is 14.4. The molecular weight excluding hydrogens is 269 g/mol. The van der Waals surface area contributed by atoms with Gasteiger partial charge in [-0.25, -0.2) is 4.98 Å². The van der Waals surface area contributed by atoms with Gasteiger partial charge in [-0.05, 0) is 32.0 Å². The molecule has 20 heavy (non-hydrogen) atoms. The first-order valence-electron chi connectivity index (χ1n) is 6.20. The molecule has 1 heterocycles. The van der Waals surface area contributed by atoms with Crippen molar-refractivity contribution < 1.29 is 17.9 Å². The van der Waals surface area contributed by atoms with Crippen molar-refractivity contribution in [3.63, 3.8) is 0 Å². The van der Waals surface area contributed by atoms with E-state index in [2.05, 4.69) is 10.3 Å². The Morgan fingerprint density at radius 1 is 1.30 bits per heavy atom. The van der Waals surface area contributed by atoms with E-state index >= 15 is 0 Å². The van der Waals surface area contributed by atoms with Crippen LogP contribution in [0, 0.1) is 6.92 Å². The van der Waals surface area contributed by atoms with Crippen LogP contribution in [-0.2, 0) is 6.18 Å². The number of pyridine rings is 1. The zero-order valence-corrected chi connectivity index (χ0v) is 11.4. The van der Waals surface area contributed by atoms with Gasteiger partial charge in [0.05, 0.1) is 12.1 Å². The summed E-state index contributed by atoms with van der Waals surface area (Å²) in [5.74, 6) is 0.609. The Balaban J connectivity index is 2.74. The maximum Gasteiger partial charge on any atom is 0.433 e. The third kappa shape index (κ3) is 2.50. The van der Waals surface area contributed by atoms with E-state index in [1.807, 2.05) is 6.92 Å². The molecule has 2 rings (SSSR count). The lowest BCUT2D eigenvalue weighted by molar-refractivity contribution is -0.141. The van der Waals surface area contributed by atoms with Crippen LogP contribution in [0.15, 0.2) is 18.2 Å². The van der Waals surface area contributed by atoms with Gasteiger partial charge >= 0.3 is 6.18 Å². The maximum atomic E-state index is 13.0. The number of fused-ring (bicyclic) bond motifs is 1.